The molecule has 2 aromatic carbocycles. The number of aryl methyl sites for hydroxylation is 2. The van der Waals surface area contributed by atoms with E-state index in [2.05, 4.69) is 5.32 Å². The molecular formula is C23H29NO5. The number of nitrogens with one attached hydrogen (secondary N) is 1. The van der Waals surface area contributed by atoms with Crippen LogP contribution in [-0.2, 0) is 16.0 Å². The maximum Gasteiger partial charge on any atom is 0.338 e. The van der Waals surface area contributed by atoms with E-state index < -0.39 is 5.97 Å². The van der Waals surface area contributed by atoms with Gasteiger partial charge in [0.1, 0.15) is 0 Å². The van der Waals surface area contributed by atoms with Gasteiger partial charge in [-0.3, -0.25) is 4.79 Å². The van der Waals surface area contributed by atoms with E-state index in [1.54, 1.807) is 6.07 Å². The Kier molecular flexibility index (Phi) is 8.52. The van der Waals surface area contributed by atoms with Crippen LogP contribution >= 0.6 is 0 Å². The Bertz CT molecular complexity index is 847. The minimum Gasteiger partial charge on any atom is -0.490 e. The Morgan fingerprint density at radius 3 is 2.34 bits per heavy atom. The lowest BCUT2D eigenvalue weighted by atomic mass is 10.1. The van der Waals surface area contributed by atoms with Crippen molar-refractivity contribution in [1.29, 1.82) is 0 Å². The van der Waals surface area contributed by atoms with Crippen molar-refractivity contribution in [3.05, 3.63) is 58.7 Å². The van der Waals surface area contributed by atoms with Gasteiger partial charge in [-0.25, -0.2) is 4.79 Å². The van der Waals surface area contributed by atoms with Crippen molar-refractivity contribution in [2.24, 2.45) is 0 Å². The number of hydrogen-bond acceptors (Lipinski definition) is 5. The Balaban J connectivity index is 1.80. The van der Waals surface area contributed by atoms with Crippen molar-refractivity contribution in [2.45, 2.75) is 34.1 Å². The SMILES string of the molecule is CCOc1ccc(CCNC(=O)COC(=O)c2ccc(C)cc2C)cc1OCC. The molecule has 29 heavy (non-hydrogen) atoms. The zero-order chi connectivity index (χ0) is 21.2. The van der Waals surface area contributed by atoms with Crippen LogP contribution in [0, 0.1) is 13.8 Å². The van der Waals surface area contributed by atoms with Crippen molar-refractivity contribution in [3.63, 3.8) is 0 Å². The van der Waals surface area contributed by atoms with Gasteiger partial charge in [0.25, 0.3) is 5.91 Å². The van der Waals surface area contributed by atoms with E-state index in [1.165, 1.54) is 0 Å². The fourth-order valence-corrected chi connectivity index (χ4v) is 2.90. The van der Waals surface area contributed by atoms with Crippen LogP contribution in [0.4, 0.5) is 0 Å². The minimum atomic E-state index is -0.495. The Morgan fingerprint density at radius 2 is 1.66 bits per heavy atom. The monoisotopic (exact) mass is 399 g/mol. The second-order valence-electron chi connectivity index (χ2n) is 6.64. The molecular weight excluding hydrogens is 370 g/mol. The minimum absolute atomic E-state index is 0.306. The maximum atomic E-state index is 12.1. The molecule has 2 rings (SSSR count). The third-order valence-corrected chi connectivity index (χ3v) is 4.28. The van der Waals surface area contributed by atoms with Gasteiger partial charge in [-0.1, -0.05) is 23.8 Å². The Labute approximate surface area is 172 Å². The molecule has 156 valence electrons. The summed E-state index contributed by atoms with van der Waals surface area (Å²) >= 11 is 0. The molecule has 6 heteroatoms. The molecule has 0 unspecified atom stereocenters. The third kappa shape index (κ3) is 6.82. The number of benzene rings is 2. The van der Waals surface area contributed by atoms with E-state index in [4.69, 9.17) is 14.2 Å². The van der Waals surface area contributed by atoms with Gasteiger partial charge in [-0.05, 0) is 63.4 Å². The first kappa shape index (κ1) is 22.3. The van der Waals surface area contributed by atoms with Crippen molar-refractivity contribution in [3.8, 4) is 11.5 Å². The summed E-state index contributed by atoms with van der Waals surface area (Å²) in [7, 11) is 0. The number of carbonyl (C=O) groups excluding carboxylic acids is 2. The van der Waals surface area contributed by atoms with E-state index in [1.807, 2.05) is 58.0 Å². The van der Waals surface area contributed by atoms with Gasteiger partial charge in [0.05, 0.1) is 18.8 Å². The number of carbonyl (C=O) groups is 2. The van der Waals surface area contributed by atoms with Gasteiger partial charge < -0.3 is 19.5 Å². The molecule has 0 fully saturated rings. The fourth-order valence-electron chi connectivity index (χ4n) is 2.90. The number of hydrogen-bond donors (Lipinski definition) is 1. The van der Waals surface area contributed by atoms with E-state index in [9.17, 15) is 9.59 Å². The highest BCUT2D eigenvalue weighted by molar-refractivity contribution is 5.92. The molecule has 0 heterocycles. The largest absolute Gasteiger partial charge is 0.490 e. The lowest BCUT2D eigenvalue weighted by Gasteiger charge is -2.13. The summed E-state index contributed by atoms with van der Waals surface area (Å²) in [5.74, 6) is 0.575. The Morgan fingerprint density at radius 1 is 0.931 bits per heavy atom. The summed E-state index contributed by atoms with van der Waals surface area (Å²) in [5.41, 5.74) is 3.39. The summed E-state index contributed by atoms with van der Waals surface area (Å²) in [4.78, 5) is 24.1. The van der Waals surface area contributed by atoms with Crippen LogP contribution in [0.3, 0.4) is 0 Å². The number of amides is 1. The molecule has 2 aromatic rings. The predicted molar refractivity (Wildman–Crippen MR) is 112 cm³/mol. The molecule has 0 atom stereocenters. The van der Waals surface area contributed by atoms with Gasteiger partial charge in [0.15, 0.2) is 18.1 Å². The molecule has 0 aliphatic rings. The van der Waals surface area contributed by atoms with Crippen LogP contribution in [0.15, 0.2) is 36.4 Å². The highest BCUT2D eigenvalue weighted by Crippen LogP contribution is 2.28. The summed E-state index contributed by atoms with van der Waals surface area (Å²) in [5, 5.41) is 2.76. The topological polar surface area (TPSA) is 73.9 Å². The lowest BCUT2D eigenvalue weighted by Crippen LogP contribution is -2.30. The maximum absolute atomic E-state index is 12.1. The number of esters is 1. The zero-order valence-corrected chi connectivity index (χ0v) is 17.5. The Hall–Kier alpha value is -3.02. The van der Waals surface area contributed by atoms with E-state index in [0.717, 1.165) is 16.7 Å². The first-order valence-corrected chi connectivity index (χ1v) is 9.84. The number of ether oxygens (including phenoxy) is 3. The predicted octanol–water partition coefficient (Wildman–Crippen LogP) is 3.62. The zero-order valence-electron chi connectivity index (χ0n) is 17.5. The van der Waals surface area contributed by atoms with Gasteiger partial charge in [-0.2, -0.15) is 0 Å². The summed E-state index contributed by atoms with van der Waals surface area (Å²) in [6.45, 7) is 8.88. The van der Waals surface area contributed by atoms with E-state index >= 15 is 0 Å². The van der Waals surface area contributed by atoms with Crippen LogP contribution in [-0.4, -0.2) is 38.2 Å². The quantitative estimate of drug-likeness (QED) is 0.618. The first-order chi connectivity index (χ1) is 13.9. The van der Waals surface area contributed by atoms with Gasteiger partial charge in [0, 0.05) is 6.54 Å². The highest BCUT2D eigenvalue weighted by Gasteiger charge is 2.13. The summed E-state index contributed by atoms with van der Waals surface area (Å²) in [6.07, 6.45) is 0.628. The lowest BCUT2D eigenvalue weighted by molar-refractivity contribution is -0.124. The van der Waals surface area contributed by atoms with Crippen LogP contribution in [0.1, 0.15) is 40.9 Å². The van der Waals surface area contributed by atoms with Gasteiger partial charge in [-0.15, -0.1) is 0 Å². The molecule has 0 radical (unpaired) electrons. The molecule has 0 aliphatic carbocycles. The molecule has 6 nitrogen and oxygen atoms in total. The van der Waals surface area contributed by atoms with Crippen molar-refractivity contribution < 1.29 is 23.8 Å². The highest BCUT2D eigenvalue weighted by atomic mass is 16.5. The van der Waals surface area contributed by atoms with Crippen LogP contribution in [0.25, 0.3) is 0 Å². The molecule has 0 bridgehead atoms. The first-order valence-electron chi connectivity index (χ1n) is 9.84. The van der Waals surface area contributed by atoms with Crippen LogP contribution in [0.5, 0.6) is 11.5 Å². The average Bonchev–Trinajstić information content (AvgIpc) is 2.68. The third-order valence-electron chi connectivity index (χ3n) is 4.28. The van der Waals surface area contributed by atoms with Crippen LogP contribution in [0.2, 0.25) is 0 Å². The van der Waals surface area contributed by atoms with Gasteiger partial charge >= 0.3 is 5.97 Å². The molecule has 0 aromatic heterocycles. The summed E-state index contributed by atoms with van der Waals surface area (Å²) in [6, 6.07) is 11.2. The molecule has 1 N–H and O–H groups in total. The molecule has 0 saturated carbocycles. The molecule has 1 amide bonds. The average molecular weight is 399 g/mol. The fraction of sp³-hybridized carbons (Fsp3) is 0.391. The number of rotatable bonds is 10. The standard InChI is InChI=1S/C23H29NO5/c1-5-27-20-10-8-18(14-21(20)28-6-2)11-12-24-22(25)15-29-23(26)19-9-7-16(3)13-17(19)4/h7-10,13-14H,5-6,11-12,15H2,1-4H3,(H,24,25). The van der Waals surface area contributed by atoms with E-state index in [0.29, 0.717) is 43.2 Å². The normalized spacial score (nSPS) is 10.3. The van der Waals surface area contributed by atoms with Crippen LogP contribution < -0.4 is 14.8 Å². The summed E-state index contributed by atoms with van der Waals surface area (Å²) < 4.78 is 16.3. The van der Waals surface area contributed by atoms with Crippen molar-refractivity contribution in [1.82, 2.24) is 5.32 Å². The second-order valence-corrected chi connectivity index (χ2v) is 6.64. The second kappa shape index (κ2) is 11.1. The van der Waals surface area contributed by atoms with E-state index in [-0.39, 0.29) is 12.5 Å². The molecule has 0 aliphatic heterocycles. The molecule has 0 spiro atoms. The van der Waals surface area contributed by atoms with Crippen molar-refractivity contribution >= 4 is 11.9 Å². The smallest absolute Gasteiger partial charge is 0.338 e. The van der Waals surface area contributed by atoms with Gasteiger partial charge in [0.2, 0.25) is 0 Å². The molecule has 0 saturated heterocycles. The van der Waals surface area contributed by atoms with Crippen molar-refractivity contribution in [2.75, 3.05) is 26.4 Å².